The van der Waals surface area contributed by atoms with E-state index in [2.05, 4.69) is 11.5 Å². The Labute approximate surface area is 104 Å². The summed E-state index contributed by atoms with van der Waals surface area (Å²) < 4.78 is 0. The van der Waals surface area contributed by atoms with Gasteiger partial charge >= 0.3 is 0 Å². The van der Waals surface area contributed by atoms with Crippen LogP contribution in [0, 0.1) is 5.41 Å². The molecule has 1 saturated heterocycles. The van der Waals surface area contributed by atoms with Gasteiger partial charge in [0.05, 0.1) is 5.41 Å². The number of nitrogens with zero attached hydrogens (tertiary/aromatic N) is 2. The number of piperazine rings is 1. The molecule has 0 aromatic carbocycles. The van der Waals surface area contributed by atoms with E-state index in [0.29, 0.717) is 6.54 Å². The third kappa shape index (κ3) is 3.30. The lowest BCUT2D eigenvalue weighted by Gasteiger charge is -2.38. The first kappa shape index (κ1) is 14.2. The average Bonchev–Trinajstić information content (AvgIpc) is 2.38. The van der Waals surface area contributed by atoms with Gasteiger partial charge in [-0.3, -0.25) is 9.69 Å². The van der Waals surface area contributed by atoms with Crippen LogP contribution in [0.3, 0.4) is 0 Å². The SMILES string of the molecule is C=CCN1CCN(C(=O)C(C)(CC)CN)CC1. The van der Waals surface area contributed by atoms with Crippen LogP contribution in [0.25, 0.3) is 0 Å². The van der Waals surface area contributed by atoms with E-state index in [1.165, 1.54) is 0 Å². The van der Waals surface area contributed by atoms with E-state index in [1.54, 1.807) is 0 Å². The molecular weight excluding hydrogens is 214 g/mol. The number of rotatable bonds is 5. The molecule has 1 atom stereocenters. The molecule has 98 valence electrons. The molecule has 4 nitrogen and oxygen atoms in total. The van der Waals surface area contributed by atoms with E-state index < -0.39 is 0 Å². The van der Waals surface area contributed by atoms with Crippen molar-refractivity contribution in [2.24, 2.45) is 11.1 Å². The predicted octanol–water partition coefficient (Wildman–Crippen LogP) is 0.692. The van der Waals surface area contributed by atoms with E-state index in [9.17, 15) is 4.79 Å². The highest BCUT2D eigenvalue weighted by Crippen LogP contribution is 2.23. The maximum atomic E-state index is 12.4. The summed E-state index contributed by atoms with van der Waals surface area (Å²) in [5, 5.41) is 0. The second-order valence-corrected chi connectivity index (χ2v) is 5.00. The first-order chi connectivity index (χ1) is 8.07. The van der Waals surface area contributed by atoms with Gasteiger partial charge in [-0.2, -0.15) is 0 Å². The molecule has 1 amide bonds. The lowest BCUT2D eigenvalue weighted by atomic mass is 9.86. The van der Waals surface area contributed by atoms with Gasteiger partial charge in [-0.1, -0.05) is 13.0 Å². The zero-order valence-corrected chi connectivity index (χ0v) is 11.1. The van der Waals surface area contributed by atoms with Crippen LogP contribution in [0.5, 0.6) is 0 Å². The van der Waals surface area contributed by atoms with Gasteiger partial charge in [-0.15, -0.1) is 6.58 Å². The van der Waals surface area contributed by atoms with Crippen molar-refractivity contribution in [3.8, 4) is 0 Å². The van der Waals surface area contributed by atoms with E-state index >= 15 is 0 Å². The Morgan fingerprint density at radius 3 is 2.41 bits per heavy atom. The topological polar surface area (TPSA) is 49.6 Å². The van der Waals surface area contributed by atoms with E-state index in [1.807, 2.05) is 24.8 Å². The lowest BCUT2D eigenvalue weighted by molar-refractivity contribution is -0.142. The van der Waals surface area contributed by atoms with Crippen molar-refractivity contribution in [3.63, 3.8) is 0 Å². The van der Waals surface area contributed by atoms with Crippen LogP contribution in [0.15, 0.2) is 12.7 Å². The Hall–Kier alpha value is -0.870. The number of carbonyl (C=O) groups is 1. The van der Waals surface area contributed by atoms with Crippen molar-refractivity contribution < 1.29 is 4.79 Å². The molecule has 0 bridgehead atoms. The molecule has 1 fully saturated rings. The van der Waals surface area contributed by atoms with E-state index in [4.69, 9.17) is 5.73 Å². The quantitative estimate of drug-likeness (QED) is 0.718. The fourth-order valence-corrected chi connectivity index (χ4v) is 2.08. The summed E-state index contributed by atoms with van der Waals surface area (Å²) in [4.78, 5) is 16.6. The van der Waals surface area contributed by atoms with Crippen molar-refractivity contribution in [1.29, 1.82) is 0 Å². The minimum absolute atomic E-state index is 0.209. The zero-order chi connectivity index (χ0) is 12.9. The van der Waals surface area contributed by atoms with Gasteiger partial charge < -0.3 is 10.6 Å². The van der Waals surface area contributed by atoms with Gasteiger partial charge in [0, 0.05) is 39.3 Å². The summed E-state index contributed by atoms with van der Waals surface area (Å²) in [6.07, 6.45) is 2.71. The number of nitrogens with two attached hydrogens (primary N) is 1. The molecule has 0 radical (unpaired) electrons. The van der Waals surface area contributed by atoms with Crippen molar-refractivity contribution in [2.75, 3.05) is 39.3 Å². The van der Waals surface area contributed by atoms with E-state index in [-0.39, 0.29) is 11.3 Å². The molecular formula is C13H25N3O. The Bertz CT molecular complexity index is 266. The van der Waals surface area contributed by atoms with Gasteiger partial charge in [0.15, 0.2) is 0 Å². The monoisotopic (exact) mass is 239 g/mol. The Morgan fingerprint density at radius 2 is 2.00 bits per heavy atom. The fourth-order valence-electron chi connectivity index (χ4n) is 2.08. The summed E-state index contributed by atoms with van der Waals surface area (Å²) in [5.74, 6) is 0.209. The summed E-state index contributed by atoms with van der Waals surface area (Å²) in [6.45, 7) is 12.5. The molecule has 1 heterocycles. The maximum Gasteiger partial charge on any atom is 0.229 e. The molecule has 1 unspecified atom stereocenters. The van der Waals surface area contributed by atoms with Crippen LogP contribution in [-0.4, -0.2) is 55.0 Å². The van der Waals surface area contributed by atoms with Crippen molar-refractivity contribution >= 4 is 5.91 Å². The highest BCUT2D eigenvalue weighted by atomic mass is 16.2. The van der Waals surface area contributed by atoms with Gasteiger partial charge in [0.1, 0.15) is 0 Å². The number of amides is 1. The Balaban J connectivity index is 2.53. The number of hydrogen-bond donors (Lipinski definition) is 1. The minimum atomic E-state index is -0.388. The van der Waals surface area contributed by atoms with Crippen LogP contribution in [0.1, 0.15) is 20.3 Å². The Morgan fingerprint density at radius 1 is 1.41 bits per heavy atom. The normalized spacial score (nSPS) is 21.0. The molecule has 0 aliphatic carbocycles. The second kappa shape index (κ2) is 6.17. The van der Waals surface area contributed by atoms with Crippen LogP contribution < -0.4 is 5.73 Å². The van der Waals surface area contributed by atoms with E-state index in [0.717, 1.165) is 39.1 Å². The molecule has 1 aliphatic rings. The first-order valence-electron chi connectivity index (χ1n) is 6.40. The molecule has 2 N–H and O–H groups in total. The standard InChI is InChI=1S/C13H25N3O/c1-4-6-15-7-9-16(10-8-15)12(17)13(3,5-2)11-14/h4H,1,5-11,14H2,2-3H3. The third-order valence-corrected chi connectivity index (χ3v) is 3.79. The van der Waals surface area contributed by atoms with Crippen LogP contribution in [0.4, 0.5) is 0 Å². The third-order valence-electron chi connectivity index (χ3n) is 3.79. The molecule has 4 heteroatoms. The van der Waals surface area contributed by atoms with Gasteiger partial charge in [0.25, 0.3) is 0 Å². The summed E-state index contributed by atoms with van der Waals surface area (Å²) in [6, 6.07) is 0. The van der Waals surface area contributed by atoms with Crippen molar-refractivity contribution in [3.05, 3.63) is 12.7 Å². The fraction of sp³-hybridized carbons (Fsp3) is 0.769. The molecule has 0 aromatic heterocycles. The van der Waals surface area contributed by atoms with Crippen molar-refractivity contribution in [2.45, 2.75) is 20.3 Å². The Kier molecular flexibility index (Phi) is 5.15. The summed E-state index contributed by atoms with van der Waals surface area (Å²) >= 11 is 0. The average molecular weight is 239 g/mol. The molecule has 0 spiro atoms. The van der Waals surface area contributed by atoms with Crippen LogP contribution >= 0.6 is 0 Å². The predicted molar refractivity (Wildman–Crippen MR) is 70.7 cm³/mol. The van der Waals surface area contributed by atoms with Gasteiger partial charge in [-0.25, -0.2) is 0 Å². The summed E-state index contributed by atoms with van der Waals surface area (Å²) in [5.41, 5.74) is 5.34. The highest BCUT2D eigenvalue weighted by molar-refractivity contribution is 5.82. The van der Waals surface area contributed by atoms with Gasteiger partial charge in [-0.05, 0) is 13.3 Å². The summed E-state index contributed by atoms with van der Waals surface area (Å²) in [7, 11) is 0. The second-order valence-electron chi connectivity index (χ2n) is 5.00. The number of hydrogen-bond acceptors (Lipinski definition) is 3. The molecule has 1 rings (SSSR count). The molecule has 1 aliphatic heterocycles. The van der Waals surface area contributed by atoms with Crippen molar-refractivity contribution in [1.82, 2.24) is 9.80 Å². The van der Waals surface area contributed by atoms with Crippen LogP contribution in [0.2, 0.25) is 0 Å². The molecule has 0 saturated carbocycles. The molecule has 0 aromatic rings. The smallest absolute Gasteiger partial charge is 0.229 e. The zero-order valence-electron chi connectivity index (χ0n) is 11.1. The van der Waals surface area contributed by atoms with Crippen LogP contribution in [-0.2, 0) is 4.79 Å². The maximum absolute atomic E-state index is 12.4. The first-order valence-corrected chi connectivity index (χ1v) is 6.40. The molecule has 17 heavy (non-hydrogen) atoms. The largest absolute Gasteiger partial charge is 0.340 e. The lowest BCUT2D eigenvalue weighted by Crippen LogP contribution is -2.54. The van der Waals surface area contributed by atoms with Gasteiger partial charge in [0.2, 0.25) is 5.91 Å². The number of carbonyl (C=O) groups excluding carboxylic acids is 1. The highest BCUT2D eigenvalue weighted by Gasteiger charge is 2.34. The minimum Gasteiger partial charge on any atom is -0.340 e.